The van der Waals surface area contributed by atoms with Crippen LogP contribution >= 0.6 is 0 Å². The van der Waals surface area contributed by atoms with Gasteiger partial charge in [0.1, 0.15) is 17.2 Å². The molecule has 160 valence electrons. The number of nitrogens with one attached hydrogen (secondary N) is 1. The van der Waals surface area contributed by atoms with Crippen LogP contribution in [0.4, 0.5) is 5.69 Å². The third-order valence-electron chi connectivity index (χ3n) is 4.33. The average molecular weight is 417 g/mol. The van der Waals surface area contributed by atoms with Crippen molar-refractivity contribution >= 4 is 17.7 Å². The number of hydrazone groups is 1. The summed E-state index contributed by atoms with van der Waals surface area (Å²) in [5, 5.41) is 4.36. The third-order valence-corrected chi connectivity index (χ3v) is 4.33. The van der Waals surface area contributed by atoms with Gasteiger partial charge in [-0.05, 0) is 79.6 Å². The molecule has 1 N–H and O–H groups in total. The standard InChI is InChI=1S/C25H28N4O2/c1-3-5-18-31-23-13-9-20(10-14-23)19-27-29-25(24-8-6-7-17-26-24)28-21-11-15-22(16-12-21)30-4-2/h6-17,19H,3-5,18H2,1-2H3,(H,28,29)/b27-19+. The summed E-state index contributed by atoms with van der Waals surface area (Å²) in [6.07, 6.45) is 5.64. The number of aromatic nitrogens is 1. The van der Waals surface area contributed by atoms with Crippen LogP contribution in [0, 0.1) is 0 Å². The molecular formula is C25H28N4O2. The SMILES string of the molecule is CCCCOc1ccc(/C=N/NC(=Nc2ccc(OCC)cc2)c2ccccn2)cc1. The second kappa shape index (κ2) is 12.1. The molecule has 0 aliphatic rings. The molecule has 0 fully saturated rings. The van der Waals surface area contributed by atoms with E-state index in [9.17, 15) is 0 Å². The molecule has 6 nitrogen and oxygen atoms in total. The van der Waals surface area contributed by atoms with E-state index in [1.165, 1.54) is 0 Å². The van der Waals surface area contributed by atoms with Crippen molar-refractivity contribution in [3.8, 4) is 11.5 Å². The van der Waals surface area contributed by atoms with Gasteiger partial charge in [0, 0.05) is 6.20 Å². The fourth-order valence-electron chi connectivity index (χ4n) is 2.71. The van der Waals surface area contributed by atoms with Gasteiger partial charge in [0.25, 0.3) is 0 Å². The average Bonchev–Trinajstić information content (AvgIpc) is 2.81. The molecule has 0 bridgehead atoms. The lowest BCUT2D eigenvalue weighted by atomic mass is 10.2. The van der Waals surface area contributed by atoms with E-state index >= 15 is 0 Å². The Hall–Kier alpha value is -3.67. The first-order chi connectivity index (χ1) is 15.3. The highest BCUT2D eigenvalue weighted by Crippen LogP contribution is 2.19. The predicted molar refractivity (Wildman–Crippen MR) is 126 cm³/mol. The number of hydrogen-bond acceptors (Lipinski definition) is 5. The molecule has 1 heterocycles. The van der Waals surface area contributed by atoms with Crippen LogP contribution < -0.4 is 14.9 Å². The number of nitrogens with zero attached hydrogens (tertiary/aromatic N) is 3. The summed E-state index contributed by atoms with van der Waals surface area (Å²) in [6, 6.07) is 21.1. The molecule has 0 aliphatic carbocycles. The number of benzene rings is 2. The van der Waals surface area contributed by atoms with Gasteiger partial charge in [-0.1, -0.05) is 19.4 Å². The smallest absolute Gasteiger partial charge is 0.172 e. The quantitative estimate of drug-likeness (QED) is 0.209. The van der Waals surface area contributed by atoms with Crippen LogP contribution in [0.2, 0.25) is 0 Å². The minimum atomic E-state index is 0.556. The number of amidine groups is 1. The molecule has 3 rings (SSSR count). The van der Waals surface area contributed by atoms with E-state index in [1.807, 2.05) is 73.7 Å². The van der Waals surface area contributed by atoms with Crippen molar-refractivity contribution in [3.05, 3.63) is 84.2 Å². The zero-order valence-corrected chi connectivity index (χ0v) is 18.0. The molecule has 0 atom stereocenters. The van der Waals surface area contributed by atoms with Gasteiger partial charge >= 0.3 is 0 Å². The molecule has 1 aromatic heterocycles. The Morgan fingerprint density at radius 1 is 0.935 bits per heavy atom. The summed E-state index contributed by atoms with van der Waals surface area (Å²) in [7, 11) is 0. The Bertz CT molecular complexity index is 969. The van der Waals surface area contributed by atoms with Gasteiger partial charge in [-0.15, -0.1) is 0 Å². The largest absolute Gasteiger partial charge is 0.494 e. The van der Waals surface area contributed by atoms with Gasteiger partial charge in [-0.2, -0.15) is 5.10 Å². The Morgan fingerprint density at radius 2 is 1.68 bits per heavy atom. The predicted octanol–water partition coefficient (Wildman–Crippen LogP) is 5.36. The zero-order chi connectivity index (χ0) is 21.7. The maximum absolute atomic E-state index is 5.70. The van der Waals surface area contributed by atoms with E-state index in [1.54, 1.807) is 12.4 Å². The summed E-state index contributed by atoms with van der Waals surface area (Å²) in [4.78, 5) is 9.06. The van der Waals surface area contributed by atoms with Crippen molar-refractivity contribution in [2.75, 3.05) is 13.2 Å². The monoisotopic (exact) mass is 416 g/mol. The number of ether oxygens (including phenoxy) is 2. The highest BCUT2D eigenvalue weighted by Gasteiger charge is 2.04. The van der Waals surface area contributed by atoms with Gasteiger partial charge < -0.3 is 9.47 Å². The van der Waals surface area contributed by atoms with Crippen LogP contribution in [0.15, 0.2) is 83.0 Å². The third kappa shape index (κ3) is 7.26. The van der Waals surface area contributed by atoms with Crippen molar-refractivity contribution in [1.29, 1.82) is 0 Å². The summed E-state index contributed by atoms with van der Waals surface area (Å²) in [5.74, 6) is 2.24. The molecule has 31 heavy (non-hydrogen) atoms. The number of rotatable bonds is 10. The Morgan fingerprint density at radius 3 is 2.35 bits per heavy atom. The number of hydrogen-bond donors (Lipinski definition) is 1. The molecular weight excluding hydrogens is 388 g/mol. The van der Waals surface area contributed by atoms with Crippen molar-refractivity contribution in [2.45, 2.75) is 26.7 Å². The fraction of sp³-hybridized carbons (Fsp3) is 0.240. The van der Waals surface area contributed by atoms with Crippen molar-refractivity contribution in [1.82, 2.24) is 10.4 Å². The second-order valence-corrected chi connectivity index (χ2v) is 6.74. The second-order valence-electron chi connectivity index (χ2n) is 6.74. The van der Waals surface area contributed by atoms with E-state index in [-0.39, 0.29) is 0 Å². The van der Waals surface area contributed by atoms with E-state index < -0.39 is 0 Å². The zero-order valence-electron chi connectivity index (χ0n) is 18.0. The molecule has 2 aromatic carbocycles. The van der Waals surface area contributed by atoms with Gasteiger partial charge in [-0.25, -0.2) is 4.99 Å². The normalized spacial score (nSPS) is 11.5. The maximum Gasteiger partial charge on any atom is 0.172 e. The highest BCUT2D eigenvalue weighted by atomic mass is 16.5. The highest BCUT2D eigenvalue weighted by molar-refractivity contribution is 5.99. The molecule has 0 spiro atoms. The van der Waals surface area contributed by atoms with Crippen molar-refractivity contribution in [2.24, 2.45) is 10.1 Å². The van der Waals surface area contributed by atoms with Crippen molar-refractivity contribution in [3.63, 3.8) is 0 Å². The molecule has 0 saturated carbocycles. The topological polar surface area (TPSA) is 68.1 Å². The van der Waals surface area contributed by atoms with Crippen molar-refractivity contribution < 1.29 is 9.47 Å². The minimum absolute atomic E-state index is 0.556. The Kier molecular flexibility index (Phi) is 8.61. The lowest BCUT2D eigenvalue weighted by molar-refractivity contribution is 0.309. The fourth-order valence-corrected chi connectivity index (χ4v) is 2.71. The number of aliphatic imine (C=N–C) groups is 1. The molecule has 6 heteroatoms. The van der Waals surface area contributed by atoms with E-state index in [0.29, 0.717) is 18.1 Å². The van der Waals surface area contributed by atoms with E-state index in [4.69, 9.17) is 9.47 Å². The summed E-state index contributed by atoms with van der Waals surface area (Å²) in [5.41, 5.74) is 5.46. The molecule has 0 radical (unpaired) electrons. The molecule has 0 unspecified atom stereocenters. The molecule has 0 aliphatic heterocycles. The van der Waals surface area contributed by atoms with E-state index in [2.05, 4.69) is 27.4 Å². The number of unbranched alkanes of at least 4 members (excludes halogenated alkanes) is 1. The molecule has 0 saturated heterocycles. The first-order valence-electron chi connectivity index (χ1n) is 10.5. The van der Waals surface area contributed by atoms with Crippen LogP contribution in [0.5, 0.6) is 11.5 Å². The van der Waals surface area contributed by atoms with Gasteiger partial charge in [-0.3, -0.25) is 10.4 Å². The summed E-state index contributed by atoms with van der Waals surface area (Å²) in [6.45, 7) is 5.47. The maximum atomic E-state index is 5.70. The van der Waals surface area contributed by atoms with Crippen LogP contribution in [-0.2, 0) is 0 Å². The lowest BCUT2D eigenvalue weighted by Crippen LogP contribution is -2.20. The lowest BCUT2D eigenvalue weighted by Gasteiger charge is -2.07. The van der Waals surface area contributed by atoms with Crippen LogP contribution in [0.25, 0.3) is 0 Å². The van der Waals surface area contributed by atoms with Crippen LogP contribution in [0.1, 0.15) is 37.9 Å². The summed E-state index contributed by atoms with van der Waals surface area (Å²) >= 11 is 0. The molecule has 0 amide bonds. The van der Waals surface area contributed by atoms with Crippen LogP contribution in [0.3, 0.4) is 0 Å². The Balaban J connectivity index is 1.70. The number of pyridine rings is 1. The van der Waals surface area contributed by atoms with Gasteiger partial charge in [0.05, 0.1) is 25.1 Å². The molecule has 3 aromatic rings. The first kappa shape index (κ1) is 22.0. The van der Waals surface area contributed by atoms with E-state index in [0.717, 1.165) is 42.2 Å². The Labute approximate surface area is 183 Å². The van der Waals surface area contributed by atoms with Crippen LogP contribution in [-0.4, -0.2) is 30.2 Å². The minimum Gasteiger partial charge on any atom is -0.494 e. The van der Waals surface area contributed by atoms with Gasteiger partial charge in [0.15, 0.2) is 5.84 Å². The summed E-state index contributed by atoms with van der Waals surface area (Å²) < 4.78 is 11.2. The van der Waals surface area contributed by atoms with Gasteiger partial charge in [0.2, 0.25) is 0 Å². The first-order valence-corrected chi connectivity index (χ1v) is 10.5.